The van der Waals surface area contributed by atoms with Crippen molar-refractivity contribution in [2.24, 2.45) is 0 Å². The second-order valence-corrected chi connectivity index (χ2v) is 5.06. The van der Waals surface area contributed by atoms with Gasteiger partial charge < -0.3 is 5.32 Å². The summed E-state index contributed by atoms with van der Waals surface area (Å²) in [7, 11) is 0. The minimum absolute atomic E-state index is 0.0246. The number of nitrogens with one attached hydrogen (secondary N) is 2. The zero-order valence-electron chi connectivity index (χ0n) is 10.9. The molecule has 0 saturated carbocycles. The molecule has 3 rings (SSSR count). The first-order chi connectivity index (χ1) is 9.24. The fourth-order valence-corrected chi connectivity index (χ4v) is 2.57. The minimum Gasteiger partial charge on any atom is -0.345 e. The van der Waals surface area contributed by atoms with E-state index < -0.39 is 0 Å². The van der Waals surface area contributed by atoms with Crippen LogP contribution in [-0.4, -0.2) is 16.1 Å². The van der Waals surface area contributed by atoms with Crippen LogP contribution >= 0.6 is 0 Å². The first kappa shape index (κ1) is 12.0. The maximum Gasteiger partial charge on any atom is 0.251 e. The average Bonchev–Trinajstić information content (AvgIpc) is 3.09. The molecule has 0 bridgehead atoms. The molecule has 4 heteroatoms. The highest BCUT2D eigenvalue weighted by Crippen LogP contribution is 2.23. The smallest absolute Gasteiger partial charge is 0.251 e. The Morgan fingerprint density at radius 2 is 2.21 bits per heavy atom. The van der Waals surface area contributed by atoms with E-state index in [-0.39, 0.29) is 11.9 Å². The topological polar surface area (TPSA) is 57.8 Å². The number of benzene rings is 1. The zero-order valence-corrected chi connectivity index (χ0v) is 10.9. The van der Waals surface area contributed by atoms with E-state index in [4.69, 9.17) is 0 Å². The Labute approximate surface area is 112 Å². The molecule has 1 heterocycles. The number of aryl methyl sites for hydroxylation is 2. The fraction of sp³-hybridized carbons (Fsp3) is 0.333. The van der Waals surface area contributed by atoms with E-state index in [1.165, 1.54) is 17.5 Å². The summed E-state index contributed by atoms with van der Waals surface area (Å²) in [6.45, 7) is 1.95. The second-order valence-electron chi connectivity index (χ2n) is 5.06. The monoisotopic (exact) mass is 255 g/mol. The second kappa shape index (κ2) is 4.88. The van der Waals surface area contributed by atoms with Gasteiger partial charge in [0.25, 0.3) is 5.91 Å². The van der Waals surface area contributed by atoms with Crippen molar-refractivity contribution in [2.75, 3.05) is 0 Å². The molecule has 19 heavy (non-hydrogen) atoms. The van der Waals surface area contributed by atoms with Crippen molar-refractivity contribution in [1.82, 2.24) is 15.5 Å². The predicted octanol–water partition coefficient (Wildman–Crippen LogP) is 2.39. The number of aromatic amines is 1. The Morgan fingerprint density at radius 3 is 3.00 bits per heavy atom. The molecular formula is C15H17N3O. The molecule has 1 aromatic heterocycles. The third-order valence-electron chi connectivity index (χ3n) is 3.73. The quantitative estimate of drug-likeness (QED) is 0.884. The molecule has 1 aliphatic carbocycles. The van der Waals surface area contributed by atoms with Crippen molar-refractivity contribution in [1.29, 1.82) is 0 Å². The number of rotatable bonds is 3. The third-order valence-corrected chi connectivity index (χ3v) is 3.73. The highest BCUT2D eigenvalue weighted by Gasteiger charge is 2.16. The summed E-state index contributed by atoms with van der Waals surface area (Å²) < 4.78 is 0. The summed E-state index contributed by atoms with van der Waals surface area (Å²) in [5, 5.41) is 9.64. The molecule has 1 atom stereocenters. The minimum atomic E-state index is -0.0421. The molecule has 1 amide bonds. The number of carbonyl (C=O) groups excluding carboxylic acids is 1. The predicted molar refractivity (Wildman–Crippen MR) is 72.9 cm³/mol. The Bertz CT molecular complexity index is 589. The van der Waals surface area contributed by atoms with Gasteiger partial charge in [-0.05, 0) is 49.4 Å². The molecule has 1 aliphatic rings. The van der Waals surface area contributed by atoms with Gasteiger partial charge in [0, 0.05) is 17.3 Å². The highest BCUT2D eigenvalue weighted by molar-refractivity contribution is 5.94. The van der Waals surface area contributed by atoms with Crippen LogP contribution in [0.1, 0.15) is 46.4 Å². The number of H-pyrrole nitrogens is 1. The molecule has 0 radical (unpaired) electrons. The molecule has 0 saturated heterocycles. The number of amides is 1. The van der Waals surface area contributed by atoms with E-state index in [1.807, 2.05) is 19.1 Å². The van der Waals surface area contributed by atoms with E-state index in [9.17, 15) is 4.79 Å². The van der Waals surface area contributed by atoms with Crippen LogP contribution in [0.2, 0.25) is 0 Å². The number of carbonyl (C=O) groups is 1. The molecule has 1 aromatic carbocycles. The van der Waals surface area contributed by atoms with Gasteiger partial charge in [0.2, 0.25) is 0 Å². The lowest BCUT2D eigenvalue weighted by Gasteiger charge is -2.12. The SMILES string of the molecule is CC(NC(=O)c1ccc2c(c1)CCC2)c1cn[nH]c1. The third kappa shape index (κ3) is 2.38. The maximum atomic E-state index is 12.2. The van der Waals surface area contributed by atoms with Gasteiger partial charge in [0.05, 0.1) is 12.2 Å². The lowest BCUT2D eigenvalue weighted by atomic mass is 10.1. The van der Waals surface area contributed by atoms with Crippen molar-refractivity contribution >= 4 is 5.91 Å². The van der Waals surface area contributed by atoms with Crippen LogP contribution < -0.4 is 5.32 Å². The van der Waals surface area contributed by atoms with Crippen molar-refractivity contribution in [2.45, 2.75) is 32.2 Å². The summed E-state index contributed by atoms with van der Waals surface area (Å²) in [5.41, 5.74) is 4.44. The van der Waals surface area contributed by atoms with E-state index in [2.05, 4.69) is 21.6 Å². The molecule has 2 aromatic rings. The van der Waals surface area contributed by atoms with E-state index in [0.29, 0.717) is 0 Å². The van der Waals surface area contributed by atoms with Crippen LogP contribution in [0.5, 0.6) is 0 Å². The van der Waals surface area contributed by atoms with Crippen molar-refractivity contribution in [3.63, 3.8) is 0 Å². The highest BCUT2D eigenvalue weighted by atomic mass is 16.1. The molecule has 4 nitrogen and oxygen atoms in total. The standard InChI is InChI=1S/C15H17N3O/c1-10(14-8-16-17-9-14)18-15(19)13-6-5-11-3-2-4-12(11)7-13/h5-10H,2-4H2,1H3,(H,16,17)(H,18,19). The number of aromatic nitrogens is 2. The van der Waals surface area contributed by atoms with Gasteiger partial charge in [-0.2, -0.15) is 5.10 Å². The van der Waals surface area contributed by atoms with Crippen LogP contribution in [0.3, 0.4) is 0 Å². The molecule has 2 N–H and O–H groups in total. The summed E-state index contributed by atoms with van der Waals surface area (Å²) in [6.07, 6.45) is 6.96. The van der Waals surface area contributed by atoms with Crippen LogP contribution in [0.15, 0.2) is 30.6 Å². The van der Waals surface area contributed by atoms with Crippen LogP contribution in [0, 0.1) is 0 Å². The number of nitrogens with zero attached hydrogens (tertiary/aromatic N) is 1. The van der Waals surface area contributed by atoms with Gasteiger partial charge >= 0.3 is 0 Å². The number of fused-ring (bicyclic) bond motifs is 1. The fourth-order valence-electron chi connectivity index (χ4n) is 2.57. The molecule has 98 valence electrons. The van der Waals surface area contributed by atoms with Crippen LogP contribution in [-0.2, 0) is 12.8 Å². The average molecular weight is 255 g/mol. The maximum absolute atomic E-state index is 12.2. The van der Waals surface area contributed by atoms with Crippen LogP contribution in [0.4, 0.5) is 0 Å². The van der Waals surface area contributed by atoms with Gasteiger partial charge in [-0.25, -0.2) is 0 Å². The van der Waals surface area contributed by atoms with E-state index >= 15 is 0 Å². The van der Waals surface area contributed by atoms with Gasteiger partial charge in [0.1, 0.15) is 0 Å². The Morgan fingerprint density at radius 1 is 1.37 bits per heavy atom. The zero-order chi connectivity index (χ0) is 13.2. The Hall–Kier alpha value is -2.10. The van der Waals surface area contributed by atoms with Gasteiger partial charge in [-0.1, -0.05) is 6.07 Å². The lowest BCUT2D eigenvalue weighted by molar-refractivity contribution is 0.0940. The van der Waals surface area contributed by atoms with Crippen LogP contribution in [0.25, 0.3) is 0 Å². The summed E-state index contributed by atoms with van der Waals surface area (Å²) >= 11 is 0. The normalized spacial score (nSPS) is 15.0. The van der Waals surface area contributed by atoms with E-state index in [1.54, 1.807) is 12.4 Å². The number of hydrogen-bond donors (Lipinski definition) is 2. The lowest BCUT2D eigenvalue weighted by Crippen LogP contribution is -2.26. The summed E-state index contributed by atoms with van der Waals surface area (Å²) in [4.78, 5) is 12.2. The van der Waals surface area contributed by atoms with E-state index in [0.717, 1.165) is 24.0 Å². The summed E-state index contributed by atoms with van der Waals surface area (Å²) in [6, 6.07) is 5.99. The van der Waals surface area contributed by atoms with Gasteiger partial charge in [-0.15, -0.1) is 0 Å². The largest absolute Gasteiger partial charge is 0.345 e. The molecule has 0 aliphatic heterocycles. The van der Waals surface area contributed by atoms with Gasteiger partial charge in [-0.3, -0.25) is 9.89 Å². The summed E-state index contributed by atoms with van der Waals surface area (Å²) in [5.74, 6) is -0.0246. The van der Waals surface area contributed by atoms with Gasteiger partial charge in [0.15, 0.2) is 0 Å². The molecular weight excluding hydrogens is 238 g/mol. The molecule has 1 unspecified atom stereocenters. The Kier molecular flexibility index (Phi) is 3.07. The van der Waals surface area contributed by atoms with Crippen molar-refractivity contribution < 1.29 is 4.79 Å². The first-order valence-corrected chi connectivity index (χ1v) is 6.65. The molecule has 0 spiro atoms. The Balaban J connectivity index is 1.74. The van der Waals surface area contributed by atoms with Crippen molar-refractivity contribution in [3.05, 3.63) is 52.8 Å². The first-order valence-electron chi connectivity index (χ1n) is 6.65. The number of hydrogen-bond acceptors (Lipinski definition) is 2. The molecule has 0 fully saturated rings. The van der Waals surface area contributed by atoms with Crippen molar-refractivity contribution in [3.8, 4) is 0 Å².